The Morgan fingerprint density at radius 1 is 1.53 bits per heavy atom. The lowest BCUT2D eigenvalue weighted by Crippen LogP contribution is -2.07. The van der Waals surface area contributed by atoms with Gasteiger partial charge in [0, 0.05) is 22.1 Å². The molecule has 0 saturated carbocycles. The molecule has 0 spiro atoms. The van der Waals surface area contributed by atoms with Crippen LogP contribution in [0.5, 0.6) is 0 Å². The molecule has 1 aromatic carbocycles. The molecule has 0 aliphatic carbocycles. The van der Waals surface area contributed by atoms with Crippen molar-refractivity contribution in [2.24, 2.45) is 7.05 Å². The Labute approximate surface area is 107 Å². The van der Waals surface area contributed by atoms with Gasteiger partial charge >= 0.3 is 0 Å². The van der Waals surface area contributed by atoms with E-state index in [1.807, 2.05) is 6.07 Å². The van der Waals surface area contributed by atoms with E-state index in [1.165, 1.54) is 4.80 Å². The summed E-state index contributed by atoms with van der Waals surface area (Å²) in [5, 5.41) is 21.6. The number of aliphatic hydroxyl groups is 1. The van der Waals surface area contributed by atoms with E-state index in [9.17, 15) is 5.11 Å². The molecule has 2 rings (SSSR count). The summed E-state index contributed by atoms with van der Waals surface area (Å²) >= 11 is 3.34. The van der Waals surface area contributed by atoms with E-state index in [4.69, 9.17) is 5.73 Å². The molecule has 1 unspecified atom stereocenters. The highest BCUT2D eigenvalue weighted by Crippen LogP contribution is 2.26. The summed E-state index contributed by atoms with van der Waals surface area (Å²) < 4.78 is 0.868. The van der Waals surface area contributed by atoms with Crippen LogP contribution in [0.4, 0.5) is 5.69 Å². The third-order valence-corrected chi connectivity index (χ3v) is 2.83. The molecule has 90 valence electrons. The zero-order valence-corrected chi connectivity index (χ0v) is 10.8. The number of aliphatic hydroxyl groups excluding tert-OH is 1. The van der Waals surface area contributed by atoms with Gasteiger partial charge in [0.05, 0.1) is 13.2 Å². The highest BCUT2D eigenvalue weighted by molar-refractivity contribution is 9.10. The van der Waals surface area contributed by atoms with Gasteiger partial charge in [0.1, 0.15) is 0 Å². The first-order valence-corrected chi connectivity index (χ1v) is 5.81. The van der Waals surface area contributed by atoms with E-state index in [1.54, 1.807) is 19.2 Å². The number of anilines is 1. The van der Waals surface area contributed by atoms with Crippen LogP contribution in [0.3, 0.4) is 0 Å². The zero-order valence-electron chi connectivity index (χ0n) is 9.21. The second kappa shape index (κ2) is 4.80. The Morgan fingerprint density at radius 3 is 2.94 bits per heavy atom. The number of aromatic nitrogens is 4. The fourth-order valence-electron chi connectivity index (χ4n) is 1.52. The molecule has 0 amide bonds. The number of nitrogens with zero attached hydrogens (tertiary/aromatic N) is 4. The van der Waals surface area contributed by atoms with Crippen molar-refractivity contribution in [2.45, 2.75) is 12.5 Å². The summed E-state index contributed by atoms with van der Waals surface area (Å²) in [6, 6.07) is 5.36. The largest absolute Gasteiger partial charge is 0.398 e. The molecule has 1 atom stereocenters. The number of rotatable bonds is 3. The third-order valence-electron chi connectivity index (χ3n) is 2.33. The number of benzene rings is 1. The minimum Gasteiger partial charge on any atom is -0.398 e. The number of hydrogen-bond donors (Lipinski definition) is 2. The van der Waals surface area contributed by atoms with Gasteiger partial charge in [-0.25, -0.2) is 0 Å². The minimum atomic E-state index is -0.739. The zero-order chi connectivity index (χ0) is 12.4. The van der Waals surface area contributed by atoms with Crippen molar-refractivity contribution in [1.82, 2.24) is 20.2 Å². The van der Waals surface area contributed by atoms with Crippen LogP contribution >= 0.6 is 15.9 Å². The molecule has 0 fully saturated rings. The second-order valence-electron chi connectivity index (χ2n) is 3.69. The summed E-state index contributed by atoms with van der Waals surface area (Å²) in [5.74, 6) is 0.486. The number of aryl methyl sites for hydroxylation is 1. The van der Waals surface area contributed by atoms with Crippen LogP contribution in [0.25, 0.3) is 0 Å². The number of halogens is 1. The Bertz CT molecular complexity index is 527. The van der Waals surface area contributed by atoms with Crippen molar-refractivity contribution in [2.75, 3.05) is 5.73 Å². The van der Waals surface area contributed by atoms with Gasteiger partial charge in [-0.05, 0) is 23.4 Å². The molecule has 3 N–H and O–H groups in total. The minimum absolute atomic E-state index is 0.286. The number of nitrogen functional groups attached to an aromatic ring is 1. The van der Waals surface area contributed by atoms with E-state index in [2.05, 4.69) is 31.3 Å². The summed E-state index contributed by atoms with van der Waals surface area (Å²) in [6.07, 6.45) is -0.453. The average molecular weight is 298 g/mol. The lowest BCUT2D eigenvalue weighted by atomic mass is 10.0. The van der Waals surface area contributed by atoms with Crippen LogP contribution in [-0.2, 0) is 13.5 Å². The van der Waals surface area contributed by atoms with Gasteiger partial charge in [0.15, 0.2) is 5.82 Å². The van der Waals surface area contributed by atoms with Gasteiger partial charge in [0.2, 0.25) is 0 Å². The van der Waals surface area contributed by atoms with Crippen LogP contribution < -0.4 is 5.73 Å². The molecule has 17 heavy (non-hydrogen) atoms. The van der Waals surface area contributed by atoms with Gasteiger partial charge in [-0.3, -0.25) is 0 Å². The fraction of sp³-hybridized carbons (Fsp3) is 0.300. The molecule has 2 aromatic rings. The maximum atomic E-state index is 10.1. The molecule has 0 saturated heterocycles. The maximum absolute atomic E-state index is 10.1. The van der Waals surface area contributed by atoms with Crippen molar-refractivity contribution in [3.05, 3.63) is 34.1 Å². The average Bonchev–Trinajstić information content (AvgIpc) is 2.67. The molecular weight excluding hydrogens is 286 g/mol. The first-order chi connectivity index (χ1) is 8.06. The molecule has 1 heterocycles. The van der Waals surface area contributed by atoms with Crippen LogP contribution in [0.15, 0.2) is 22.7 Å². The predicted molar refractivity (Wildman–Crippen MR) is 66.0 cm³/mol. The molecule has 0 aliphatic heterocycles. The highest BCUT2D eigenvalue weighted by Gasteiger charge is 2.15. The Hall–Kier alpha value is -1.47. The van der Waals surface area contributed by atoms with Crippen molar-refractivity contribution >= 4 is 21.6 Å². The lowest BCUT2D eigenvalue weighted by molar-refractivity contribution is 0.176. The Balaban J connectivity index is 2.19. The van der Waals surface area contributed by atoms with E-state index < -0.39 is 6.10 Å². The van der Waals surface area contributed by atoms with E-state index >= 15 is 0 Å². The standard InChI is InChI=1S/C10H12BrN5O/c1-16-14-10(13-15-16)5-9(17)7-4-6(11)2-3-8(7)12/h2-4,9,17H,5,12H2,1H3. The molecule has 0 aliphatic rings. The molecule has 7 heteroatoms. The van der Waals surface area contributed by atoms with Crippen molar-refractivity contribution < 1.29 is 5.11 Å². The van der Waals surface area contributed by atoms with Crippen LogP contribution in [-0.4, -0.2) is 25.3 Å². The number of nitrogens with two attached hydrogens (primary N) is 1. The smallest absolute Gasteiger partial charge is 0.177 e. The van der Waals surface area contributed by atoms with Gasteiger partial charge in [-0.2, -0.15) is 4.80 Å². The predicted octanol–water partition coefficient (Wildman–Crippen LogP) is 0.831. The van der Waals surface area contributed by atoms with Crippen molar-refractivity contribution in [3.8, 4) is 0 Å². The highest BCUT2D eigenvalue weighted by atomic mass is 79.9. The van der Waals surface area contributed by atoms with Crippen molar-refractivity contribution in [3.63, 3.8) is 0 Å². The SMILES string of the molecule is Cn1nnc(CC(O)c2cc(Br)ccc2N)n1. The maximum Gasteiger partial charge on any atom is 0.177 e. The van der Waals surface area contributed by atoms with Gasteiger partial charge in [-0.1, -0.05) is 15.9 Å². The van der Waals surface area contributed by atoms with E-state index in [0.717, 1.165) is 4.47 Å². The van der Waals surface area contributed by atoms with E-state index in [-0.39, 0.29) is 6.42 Å². The summed E-state index contributed by atoms with van der Waals surface area (Å²) in [7, 11) is 1.68. The van der Waals surface area contributed by atoms with Crippen LogP contribution in [0, 0.1) is 0 Å². The summed E-state index contributed by atoms with van der Waals surface area (Å²) in [6.45, 7) is 0. The van der Waals surface area contributed by atoms with Crippen LogP contribution in [0.2, 0.25) is 0 Å². The molecular formula is C10H12BrN5O. The number of tetrazole rings is 1. The molecule has 1 aromatic heterocycles. The number of hydrogen-bond acceptors (Lipinski definition) is 5. The second-order valence-corrected chi connectivity index (χ2v) is 4.60. The third kappa shape index (κ3) is 2.80. The monoisotopic (exact) mass is 297 g/mol. The first kappa shape index (κ1) is 12.0. The topological polar surface area (TPSA) is 89.8 Å². The summed E-state index contributed by atoms with van der Waals surface area (Å²) in [4.78, 5) is 1.35. The molecule has 0 bridgehead atoms. The molecule has 0 radical (unpaired) electrons. The van der Waals surface area contributed by atoms with Gasteiger partial charge in [0.25, 0.3) is 0 Å². The lowest BCUT2D eigenvalue weighted by Gasteiger charge is -2.11. The Kier molecular flexibility index (Phi) is 3.39. The normalized spacial score (nSPS) is 12.6. The fourth-order valence-corrected chi connectivity index (χ4v) is 1.90. The summed E-state index contributed by atoms with van der Waals surface area (Å²) in [5.41, 5.74) is 7.01. The first-order valence-electron chi connectivity index (χ1n) is 5.02. The Morgan fingerprint density at radius 2 is 2.29 bits per heavy atom. The van der Waals surface area contributed by atoms with E-state index in [0.29, 0.717) is 17.1 Å². The van der Waals surface area contributed by atoms with Gasteiger partial charge < -0.3 is 10.8 Å². The van der Waals surface area contributed by atoms with Crippen molar-refractivity contribution in [1.29, 1.82) is 0 Å². The molecule has 6 nitrogen and oxygen atoms in total. The van der Waals surface area contributed by atoms with Crippen LogP contribution in [0.1, 0.15) is 17.5 Å². The van der Waals surface area contributed by atoms with Gasteiger partial charge in [-0.15, -0.1) is 10.2 Å². The quantitative estimate of drug-likeness (QED) is 0.819.